The van der Waals surface area contributed by atoms with Crippen LogP contribution in [0.25, 0.3) is 0 Å². The molecule has 0 aliphatic rings. The predicted octanol–water partition coefficient (Wildman–Crippen LogP) is 2.40. The van der Waals surface area contributed by atoms with E-state index in [-0.39, 0.29) is 18.0 Å². The van der Waals surface area contributed by atoms with E-state index in [0.717, 1.165) is 31.6 Å². The summed E-state index contributed by atoms with van der Waals surface area (Å²) in [5, 5.41) is 12.9. The van der Waals surface area contributed by atoms with Crippen molar-refractivity contribution in [3.05, 3.63) is 30.1 Å². The molecule has 4 heteroatoms. The van der Waals surface area contributed by atoms with Crippen LogP contribution in [0.3, 0.4) is 0 Å². The second kappa shape index (κ2) is 7.46. The van der Waals surface area contributed by atoms with Crippen molar-refractivity contribution in [2.75, 3.05) is 31.6 Å². The van der Waals surface area contributed by atoms with E-state index in [1.165, 1.54) is 12.1 Å². The third kappa shape index (κ3) is 5.17. The van der Waals surface area contributed by atoms with E-state index >= 15 is 0 Å². The van der Waals surface area contributed by atoms with Crippen LogP contribution in [0, 0.1) is 5.82 Å². The third-order valence-corrected chi connectivity index (χ3v) is 3.42. The van der Waals surface area contributed by atoms with Crippen molar-refractivity contribution in [3.8, 4) is 0 Å². The number of halogens is 1. The molecule has 0 heterocycles. The van der Waals surface area contributed by atoms with Gasteiger partial charge in [0.05, 0.1) is 6.61 Å². The molecule has 0 radical (unpaired) electrons. The van der Waals surface area contributed by atoms with Gasteiger partial charge in [-0.3, -0.25) is 0 Å². The molecule has 19 heavy (non-hydrogen) atoms. The fourth-order valence-corrected chi connectivity index (χ4v) is 1.89. The van der Waals surface area contributed by atoms with Crippen molar-refractivity contribution in [3.63, 3.8) is 0 Å². The van der Waals surface area contributed by atoms with E-state index in [9.17, 15) is 9.50 Å². The number of rotatable bonds is 8. The second-order valence-electron chi connectivity index (χ2n) is 5.29. The lowest BCUT2D eigenvalue weighted by atomic mass is 9.98. The average molecular weight is 268 g/mol. The molecule has 0 amide bonds. The Morgan fingerprint density at radius 3 is 2.47 bits per heavy atom. The van der Waals surface area contributed by atoms with Crippen molar-refractivity contribution in [2.24, 2.45) is 0 Å². The minimum absolute atomic E-state index is 0.115. The topological polar surface area (TPSA) is 35.5 Å². The van der Waals surface area contributed by atoms with Gasteiger partial charge in [0.25, 0.3) is 0 Å². The number of benzene rings is 1. The standard InChI is InChI=1S/C15H25FN2O/c1-4-10-17-15(2,12-19)9-11-18(3)14-7-5-13(16)6-8-14/h5-8,17,19H,4,9-12H2,1-3H3. The van der Waals surface area contributed by atoms with Crippen LogP contribution in [0.5, 0.6) is 0 Å². The molecule has 1 aromatic rings. The molecule has 0 aliphatic heterocycles. The Balaban J connectivity index is 2.52. The molecule has 1 rings (SSSR count). The van der Waals surface area contributed by atoms with Crippen molar-refractivity contribution in [1.29, 1.82) is 0 Å². The molecule has 0 bridgehead atoms. The number of aliphatic hydroxyl groups is 1. The number of nitrogens with zero attached hydrogens (tertiary/aromatic N) is 1. The Bertz CT molecular complexity index is 369. The van der Waals surface area contributed by atoms with Crippen LogP contribution >= 0.6 is 0 Å². The second-order valence-corrected chi connectivity index (χ2v) is 5.29. The maximum atomic E-state index is 12.9. The van der Waals surface area contributed by atoms with Crippen LogP contribution in [0.2, 0.25) is 0 Å². The SMILES string of the molecule is CCCNC(C)(CO)CCN(C)c1ccc(F)cc1. The van der Waals surface area contributed by atoms with Gasteiger partial charge in [0, 0.05) is 24.8 Å². The first-order chi connectivity index (χ1) is 9.00. The first-order valence-corrected chi connectivity index (χ1v) is 6.83. The van der Waals surface area contributed by atoms with Gasteiger partial charge in [-0.15, -0.1) is 0 Å². The third-order valence-electron chi connectivity index (χ3n) is 3.42. The van der Waals surface area contributed by atoms with Gasteiger partial charge in [-0.2, -0.15) is 0 Å². The Kier molecular flexibility index (Phi) is 6.25. The highest BCUT2D eigenvalue weighted by Crippen LogP contribution is 2.16. The minimum atomic E-state index is -0.260. The zero-order valence-corrected chi connectivity index (χ0v) is 12.1. The zero-order chi connectivity index (χ0) is 14.3. The maximum Gasteiger partial charge on any atom is 0.123 e. The highest BCUT2D eigenvalue weighted by atomic mass is 19.1. The lowest BCUT2D eigenvalue weighted by Gasteiger charge is -2.31. The highest BCUT2D eigenvalue weighted by molar-refractivity contribution is 5.45. The summed E-state index contributed by atoms with van der Waals surface area (Å²) in [6.07, 6.45) is 1.88. The number of hydrogen-bond donors (Lipinski definition) is 2. The van der Waals surface area contributed by atoms with Crippen LogP contribution < -0.4 is 10.2 Å². The number of hydrogen-bond acceptors (Lipinski definition) is 3. The van der Waals surface area contributed by atoms with E-state index < -0.39 is 0 Å². The maximum absolute atomic E-state index is 12.9. The van der Waals surface area contributed by atoms with Crippen LogP contribution in [0.1, 0.15) is 26.7 Å². The molecule has 1 unspecified atom stereocenters. The van der Waals surface area contributed by atoms with E-state index in [4.69, 9.17) is 0 Å². The summed E-state index contributed by atoms with van der Waals surface area (Å²) in [6.45, 7) is 5.96. The summed E-state index contributed by atoms with van der Waals surface area (Å²) in [7, 11) is 1.98. The summed E-state index contributed by atoms with van der Waals surface area (Å²) in [5.41, 5.74) is 0.724. The molecule has 0 spiro atoms. The van der Waals surface area contributed by atoms with E-state index in [2.05, 4.69) is 17.1 Å². The summed E-state index contributed by atoms with van der Waals surface area (Å²) in [4.78, 5) is 2.07. The summed E-state index contributed by atoms with van der Waals surface area (Å²) >= 11 is 0. The first kappa shape index (κ1) is 15.9. The van der Waals surface area contributed by atoms with Crippen molar-refractivity contribution >= 4 is 5.69 Å². The fraction of sp³-hybridized carbons (Fsp3) is 0.600. The molecule has 2 N–H and O–H groups in total. The van der Waals surface area contributed by atoms with E-state index in [0.29, 0.717) is 0 Å². The van der Waals surface area contributed by atoms with Crippen LogP contribution in [-0.2, 0) is 0 Å². The molecule has 3 nitrogen and oxygen atoms in total. The molecular formula is C15H25FN2O. The van der Waals surface area contributed by atoms with Gasteiger partial charge in [0.1, 0.15) is 5.82 Å². The summed E-state index contributed by atoms with van der Waals surface area (Å²) in [5.74, 6) is -0.220. The first-order valence-electron chi connectivity index (χ1n) is 6.83. The minimum Gasteiger partial charge on any atom is -0.394 e. The molecule has 0 saturated carbocycles. The number of anilines is 1. The summed E-state index contributed by atoms with van der Waals surface area (Å²) < 4.78 is 12.9. The molecule has 0 fully saturated rings. The largest absolute Gasteiger partial charge is 0.394 e. The molecule has 0 aromatic heterocycles. The molecule has 1 aromatic carbocycles. The van der Waals surface area contributed by atoms with Gasteiger partial charge in [-0.05, 0) is 50.6 Å². The van der Waals surface area contributed by atoms with Gasteiger partial charge >= 0.3 is 0 Å². The Morgan fingerprint density at radius 2 is 1.95 bits per heavy atom. The molecule has 108 valence electrons. The molecule has 0 saturated heterocycles. The molecule has 1 atom stereocenters. The fourth-order valence-electron chi connectivity index (χ4n) is 1.89. The Morgan fingerprint density at radius 1 is 1.32 bits per heavy atom. The van der Waals surface area contributed by atoms with Gasteiger partial charge in [0.15, 0.2) is 0 Å². The number of nitrogens with one attached hydrogen (secondary N) is 1. The molecule has 0 aliphatic carbocycles. The molecular weight excluding hydrogens is 243 g/mol. The van der Waals surface area contributed by atoms with Gasteiger partial charge < -0.3 is 15.3 Å². The Hall–Kier alpha value is -1.13. The average Bonchev–Trinajstić information content (AvgIpc) is 2.43. The zero-order valence-electron chi connectivity index (χ0n) is 12.1. The Labute approximate surface area is 115 Å². The predicted molar refractivity (Wildman–Crippen MR) is 78.1 cm³/mol. The van der Waals surface area contributed by atoms with Gasteiger partial charge in [-0.1, -0.05) is 6.92 Å². The van der Waals surface area contributed by atoms with Crippen LogP contribution in [0.4, 0.5) is 10.1 Å². The lowest BCUT2D eigenvalue weighted by Crippen LogP contribution is -2.48. The summed E-state index contributed by atoms with van der Waals surface area (Å²) in [6, 6.07) is 6.47. The quantitative estimate of drug-likeness (QED) is 0.760. The van der Waals surface area contributed by atoms with Gasteiger partial charge in [-0.25, -0.2) is 4.39 Å². The van der Waals surface area contributed by atoms with Gasteiger partial charge in [0.2, 0.25) is 0 Å². The van der Waals surface area contributed by atoms with E-state index in [1.807, 2.05) is 14.0 Å². The monoisotopic (exact) mass is 268 g/mol. The van der Waals surface area contributed by atoms with Crippen LogP contribution in [-0.4, -0.2) is 37.4 Å². The van der Waals surface area contributed by atoms with E-state index in [1.54, 1.807) is 12.1 Å². The smallest absolute Gasteiger partial charge is 0.123 e. The van der Waals surface area contributed by atoms with Crippen molar-refractivity contribution in [1.82, 2.24) is 5.32 Å². The van der Waals surface area contributed by atoms with Crippen molar-refractivity contribution < 1.29 is 9.50 Å². The van der Waals surface area contributed by atoms with Crippen LogP contribution in [0.15, 0.2) is 24.3 Å². The van der Waals surface area contributed by atoms with Crippen molar-refractivity contribution in [2.45, 2.75) is 32.2 Å². The number of aliphatic hydroxyl groups excluding tert-OH is 1. The normalized spacial score (nSPS) is 14.2. The highest BCUT2D eigenvalue weighted by Gasteiger charge is 2.22. The lowest BCUT2D eigenvalue weighted by molar-refractivity contribution is 0.168.